The highest BCUT2D eigenvalue weighted by Crippen LogP contribution is 2.19. The summed E-state index contributed by atoms with van der Waals surface area (Å²) in [5, 5.41) is 5.84. The Morgan fingerprint density at radius 3 is 2.67 bits per heavy atom. The van der Waals surface area contributed by atoms with Gasteiger partial charge in [-0.3, -0.25) is 9.59 Å². The maximum absolute atomic E-state index is 12.5. The van der Waals surface area contributed by atoms with Crippen LogP contribution < -0.4 is 10.6 Å². The Hall–Kier alpha value is -2.66. The van der Waals surface area contributed by atoms with Crippen LogP contribution in [0.2, 0.25) is 0 Å². The molecule has 142 valence electrons. The van der Waals surface area contributed by atoms with Crippen molar-refractivity contribution < 1.29 is 14.3 Å². The summed E-state index contributed by atoms with van der Waals surface area (Å²) in [6.07, 6.45) is 2.20. The lowest BCUT2D eigenvalue weighted by Gasteiger charge is -2.16. The zero-order chi connectivity index (χ0) is 19.1. The molecule has 1 heterocycles. The maximum Gasteiger partial charge on any atom is 0.253 e. The lowest BCUT2D eigenvalue weighted by Crippen LogP contribution is -2.29. The van der Waals surface area contributed by atoms with Gasteiger partial charge in [-0.15, -0.1) is 0 Å². The van der Waals surface area contributed by atoms with Crippen molar-refractivity contribution in [3.63, 3.8) is 0 Å². The highest BCUT2D eigenvalue weighted by atomic mass is 16.5. The summed E-state index contributed by atoms with van der Waals surface area (Å²) in [4.78, 5) is 24.7. The number of amides is 2. The molecule has 1 saturated heterocycles. The molecular formula is C22H26N2O3. The lowest BCUT2D eigenvalue weighted by atomic mass is 9.96. The van der Waals surface area contributed by atoms with Gasteiger partial charge in [-0.25, -0.2) is 0 Å². The number of nitrogens with one attached hydrogen (secondary N) is 2. The van der Waals surface area contributed by atoms with Gasteiger partial charge in [0.05, 0.1) is 0 Å². The van der Waals surface area contributed by atoms with Crippen molar-refractivity contribution in [3.8, 4) is 0 Å². The van der Waals surface area contributed by atoms with E-state index < -0.39 is 6.10 Å². The summed E-state index contributed by atoms with van der Waals surface area (Å²) in [7, 11) is 0. The standard InChI is InChI=1S/C22H26N2O3/c1-2-16(17-8-4-3-5-9-17)15-23-21(25)18-10-6-11-19(14-18)24-22(26)20-12-7-13-27-20/h3-6,8-11,14,16,20H,2,7,12-13,15H2,1H3,(H,23,25)(H,24,26). The second-order valence-corrected chi connectivity index (χ2v) is 6.80. The number of hydrogen-bond donors (Lipinski definition) is 2. The molecule has 0 aliphatic carbocycles. The van der Waals surface area contributed by atoms with E-state index in [0.29, 0.717) is 24.4 Å². The summed E-state index contributed by atoms with van der Waals surface area (Å²) in [5.74, 6) is -0.0182. The molecule has 0 aromatic heterocycles. The number of anilines is 1. The van der Waals surface area contributed by atoms with Crippen LogP contribution in [-0.4, -0.2) is 31.1 Å². The molecule has 1 fully saturated rings. The van der Waals surface area contributed by atoms with Crippen molar-refractivity contribution in [2.75, 3.05) is 18.5 Å². The molecule has 0 saturated carbocycles. The molecule has 5 nitrogen and oxygen atoms in total. The van der Waals surface area contributed by atoms with E-state index in [2.05, 4.69) is 29.7 Å². The number of rotatable bonds is 7. The van der Waals surface area contributed by atoms with Crippen molar-refractivity contribution >= 4 is 17.5 Å². The Balaban J connectivity index is 1.58. The van der Waals surface area contributed by atoms with Gasteiger partial charge in [0.25, 0.3) is 11.8 Å². The summed E-state index contributed by atoms with van der Waals surface area (Å²) in [5.41, 5.74) is 2.36. The normalized spacial score (nSPS) is 17.3. The van der Waals surface area contributed by atoms with Gasteiger partial charge < -0.3 is 15.4 Å². The molecule has 3 rings (SSSR count). The largest absolute Gasteiger partial charge is 0.368 e. The zero-order valence-corrected chi connectivity index (χ0v) is 15.6. The van der Waals surface area contributed by atoms with Gasteiger partial charge in [0, 0.05) is 30.3 Å². The van der Waals surface area contributed by atoms with E-state index in [9.17, 15) is 9.59 Å². The molecule has 5 heteroatoms. The van der Waals surface area contributed by atoms with Crippen molar-refractivity contribution in [2.24, 2.45) is 0 Å². The molecule has 2 N–H and O–H groups in total. The molecule has 2 atom stereocenters. The Kier molecular flexibility index (Phi) is 6.60. The minimum Gasteiger partial charge on any atom is -0.368 e. The number of hydrogen-bond acceptors (Lipinski definition) is 3. The van der Waals surface area contributed by atoms with Crippen LogP contribution >= 0.6 is 0 Å². The number of carbonyl (C=O) groups excluding carboxylic acids is 2. The number of benzene rings is 2. The number of carbonyl (C=O) groups is 2. The van der Waals surface area contributed by atoms with Gasteiger partial charge in [0.1, 0.15) is 6.10 Å². The van der Waals surface area contributed by atoms with Crippen molar-refractivity contribution in [1.29, 1.82) is 0 Å². The van der Waals surface area contributed by atoms with Crippen LogP contribution in [-0.2, 0) is 9.53 Å². The highest BCUT2D eigenvalue weighted by molar-refractivity contribution is 5.98. The predicted molar refractivity (Wildman–Crippen MR) is 106 cm³/mol. The fourth-order valence-electron chi connectivity index (χ4n) is 3.29. The second-order valence-electron chi connectivity index (χ2n) is 6.80. The summed E-state index contributed by atoms with van der Waals surface area (Å²) in [6.45, 7) is 3.32. The average Bonchev–Trinajstić information content (AvgIpc) is 3.24. The third-order valence-corrected chi connectivity index (χ3v) is 4.89. The Labute approximate surface area is 160 Å². The van der Waals surface area contributed by atoms with E-state index in [4.69, 9.17) is 4.74 Å². The first-order valence-electron chi connectivity index (χ1n) is 9.53. The van der Waals surface area contributed by atoms with Gasteiger partial charge in [-0.2, -0.15) is 0 Å². The SMILES string of the molecule is CCC(CNC(=O)c1cccc(NC(=O)C2CCCO2)c1)c1ccccc1. The van der Waals surface area contributed by atoms with E-state index in [-0.39, 0.29) is 17.7 Å². The minimum atomic E-state index is -0.390. The van der Waals surface area contributed by atoms with E-state index in [1.807, 2.05) is 18.2 Å². The van der Waals surface area contributed by atoms with E-state index >= 15 is 0 Å². The van der Waals surface area contributed by atoms with Crippen LogP contribution in [0.3, 0.4) is 0 Å². The lowest BCUT2D eigenvalue weighted by molar-refractivity contribution is -0.124. The van der Waals surface area contributed by atoms with Crippen molar-refractivity contribution in [1.82, 2.24) is 5.32 Å². The topological polar surface area (TPSA) is 67.4 Å². The van der Waals surface area contributed by atoms with Crippen LogP contribution in [0.4, 0.5) is 5.69 Å². The first kappa shape index (κ1) is 19.1. The summed E-state index contributed by atoms with van der Waals surface area (Å²) < 4.78 is 5.39. The average molecular weight is 366 g/mol. The molecule has 0 radical (unpaired) electrons. The van der Waals surface area contributed by atoms with Gasteiger partial charge in [-0.1, -0.05) is 43.3 Å². The molecule has 2 aromatic carbocycles. The van der Waals surface area contributed by atoms with Crippen LogP contribution in [0.1, 0.15) is 48.0 Å². The van der Waals surface area contributed by atoms with Gasteiger partial charge >= 0.3 is 0 Å². The van der Waals surface area contributed by atoms with E-state index in [1.54, 1.807) is 24.3 Å². The molecule has 2 aromatic rings. The Morgan fingerprint density at radius 2 is 1.96 bits per heavy atom. The molecule has 27 heavy (non-hydrogen) atoms. The third-order valence-electron chi connectivity index (χ3n) is 4.89. The molecule has 0 spiro atoms. The molecule has 1 aliphatic rings. The Bertz CT molecular complexity index is 770. The first-order chi connectivity index (χ1) is 13.2. The fourth-order valence-corrected chi connectivity index (χ4v) is 3.29. The van der Waals surface area contributed by atoms with Crippen LogP contribution in [0.15, 0.2) is 54.6 Å². The van der Waals surface area contributed by atoms with Gasteiger partial charge in [0.15, 0.2) is 0 Å². The van der Waals surface area contributed by atoms with Crippen molar-refractivity contribution in [2.45, 2.75) is 38.2 Å². The predicted octanol–water partition coefficient (Wildman–Crippen LogP) is 3.73. The molecule has 1 aliphatic heterocycles. The minimum absolute atomic E-state index is 0.141. The summed E-state index contributed by atoms with van der Waals surface area (Å²) in [6, 6.07) is 17.2. The van der Waals surface area contributed by atoms with Gasteiger partial charge in [0.2, 0.25) is 0 Å². The Morgan fingerprint density at radius 1 is 1.15 bits per heavy atom. The van der Waals surface area contributed by atoms with Crippen LogP contribution in [0, 0.1) is 0 Å². The zero-order valence-electron chi connectivity index (χ0n) is 15.6. The maximum atomic E-state index is 12.5. The van der Waals surface area contributed by atoms with Crippen molar-refractivity contribution in [3.05, 3.63) is 65.7 Å². The number of ether oxygens (including phenoxy) is 1. The highest BCUT2D eigenvalue weighted by Gasteiger charge is 2.23. The van der Waals surface area contributed by atoms with E-state index in [1.165, 1.54) is 5.56 Å². The second kappa shape index (κ2) is 9.33. The summed E-state index contributed by atoms with van der Waals surface area (Å²) >= 11 is 0. The quantitative estimate of drug-likeness (QED) is 0.785. The fraction of sp³-hybridized carbons (Fsp3) is 0.364. The molecule has 2 unspecified atom stereocenters. The first-order valence-corrected chi connectivity index (χ1v) is 9.53. The molecular weight excluding hydrogens is 340 g/mol. The third kappa shape index (κ3) is 5.17. The molecule has 0 bridgehead atoms. The smallest absolute Gasteiger partial charge is 0.253 e. The van der Waals surface area contributed by atoms with E-state index in [0.717, 1.165) is 19.3 Å². The van der Waals surface area contributed by atoms with Crippen LogP contribution in [0.5, 0.6) is 0 Å². The molecule has 2 amide bonds. The van der Waals surface area contributed by atoms with Gasteiger partial charge in [-0.05, 0) is 43.0 Å². The monoisotopic (exact) mass is 366 g/mol. The van der Waals surface area contributed by atoms with Crippen LogP contribution in [0.25, 0.3) is 0 Å².